The van der Waals surface area contributed by atoms with Crippen LogP contribution in [-0.2, 0) is 4.79 Å². The summed E-state index contributed by atoms with van der Waals surface area (Å²) >= 11 is 5.71. The van der Waals surface area contributed by atoms with Crippen molar-refractivity contribution in [2.45, 2.75) is 25.8 Å². The van der Waals surface area contributed by atoms with Gasteiger partial charge in [-0.15, -0.1) is 0 Å². The van der Waals surface area contributed by atoms with Crippen LogP contribution in [-0.4, -0.2) is 27.9 Å². The smallest absolute Gasteiger partial charge is 0.326 e. The first kappa shape index (κ1) is 15.9. The molecule has 2 N–H and O–H groups in total. The van der Waals surface area contributed by atoms with Gasteiger partial charge in [-0.1, -0.05) is 24.9 Å². The molecule has 0 aliphatic carbocycles. The van der Waals surface area contributed by atoms with Crippen LogP contribution in [0.4, 0.5) is 5.69 Å². The van der Waals surface area contributed by atoms with Gasteiger partial charge in [-0.25, -0.2) is 4.79 Å². The second-order valence-corrected chi connectivity index (χ2v) is 4.51. The van der Waals surface area contributed by atoms with Crippen LogP contribution in [0.15, 0.2) is 18.2 Å². The average molecular weight is 301 g/mol. The fraction of sp³-hybridized carbons (Fsp3) is 0.333. The summed E-state index contributed by atoms with van der Waals surface area (Å²) in [5, 5.41) is 22.2. The maximum atomic E-state index is 12.0. The molecule has 8 heteroatoms. The van der Waals surface area contributed by atoms with Gasteiger partial charge in [0.05, 0.1) is 4.92 Å². The van der Waals surface area contributed by atoms with Gasteiger partial charge < -0.3 is 10.4 Å². The summed E-state index contributed by atoms with van der Waals surface area (Å²) in [6.45, 7) is 1.77. The number of carbonyl (C=O) groups is 2. The highest BCUT2D eigenvalue weighted by atomic mass is 35.5. The van der Waals surface area contributed by atoms with E-state index in [2.05, 4.69) is 5.32 Å². The summed E-state index contributed by atoms with van der Waals surface area (Å²) in [5.74, 6) is -2.02. The molecule has 1 rings (SSSR count). The molecule has 0 aliphatic heterocycles. The van der Waals surface area contributed by atoms with Gasteiger partial charge in [-0.3, -0.25) is 14.9 Å². The lowest BCUT2D eigenvalue weighted by Crippen LogP contribution is -2.40. The third-order valence-corrected chi connectivity index (χ3v) is 2.82. The van der Waals surface area contributed by atoms with E-state index < -0.39 is 28.5 Å². The molecule has 0 heterocycles. The van der Waals surface area contributed by atoms with Crippen molar-refractivity contribution in [2.75, 3.05) is 0 Å². The van der Waals surface area contributed by atoms with E-state index in [0.29, 0.717) is 6.42 Å². The van der Waals surface area contributed by atoms with Crippen LogP contribution in [0.2, 0.25) is 5.02 Å². The maximum Gasteiger partial charge on any atom is 0.326 e. The van der Waals surface area contributed by atoms with E-state index >= 15 is 0 Å². The molecule has 1 amide bonds. The first-order valence-corrected chi connectivity index (χ1v) is 6.22. The SMILES string of the molecule is CCC[C@H](NC(=O)c1cc(Cl)ccc1[N+](=O)[O-])C(=O)O. The number of aliphatic carboxylic acids is 1. The van der Waals surface area contributed by atoms with Crippen LogP contribution in [0, 0.1) is 10.1 Å². The standard InChI is InChI=1S/C12H13ClN2O5/c1-2-3-9(12(17)18)14-11(16)8-6-7(13)4-5-10(8)15(19)20/h4-6,9H,2-3H2,1H3,(H,14,16)(H,17,18)/t9-/m0/s1. The van der Waals surface area contributed by atoms with E-state index in [4.69, 9.17) is 16.7 Å². The summed E-state index contributed by atoms with van der Waals surface area (Å²) < 4.78 is 0. The van der Waals surface area contributed by atoms with E-state index in [1.165, 1.54) is 6.07 Å². The lowest BCUT2D eigenvalue weighted by atomic mass is 10.1. The third-order valence-electron chi connectivity index (χ3n) is 2.58. The summed E-state index contributed by atoms with van der Waals surface area (Å²) in [4.78, 5) is 33.1. The topological polar surface area (TPSA) is 110 Å². The molecular weight excluding hydrogens is 288 g/mol. The summed E-state index contributed by atoms with van der Waals surface area (Å²) in [6.07, 6.45) is 0.782. The van der Waals surface area contributed by atoms with E-state index in [-0.39, 0.29) is 17.0 Å². The molecule has 0 spiro atoms. The molecule has 20 heavy (non-hydrogen) atoms. The lowest BCUT2D eigenvalue weighted by molar-refractivity contribution is -0.385. The third kappa shape index (κ3) is 3.92. The molecule has 0 radical (unpaired) electrons. The zero-order chi connectivity index (χ0) is 15.3. The minimum absolute atomic E-state index is 0.156. The number of carboxylic acid groups (broad SMARTS) is 1. The Balaban J connectivity index is 3.05. The van der Waals surface area contributed by atoms with Crippen molar-refractivity contribution in [3.8, 4) is 0 Å². The fourth-order valence-corrected chi connectivity index (χ4v) is 1.80. The normalized spacial score (nSPS) is 11.7. The highest BCUT2D eigenvalue weighted by Gasteiger charge is 2.25. The molecule has 0 fully saturated rings. The molecule has 1 aromatic carbocycles. The molecule has 0 saturated carbocycles. The van der Waals surface area contributed by atoms with Gasteiger partial charge in [0, 0.05) is 11.1 Å². The molecular formula is C12H13ClN2O5. The van der Waals surface area contributed by atoms with Gasteiger partial charge in [0.1, 0.15) is 11.6 Å². The number of halogens is 1. The van der Waals surface area contributed by atoms with E-state index in [9.17, 15) is 19.7 Å². The minimum Gasteiger partial charge on any atom is -0.480 e. The van der Waals surface area contributed by atoms with E-state index in [1.807, 2.05) is 0 Å². The van der Waals surface area contributed by atoms with Crippen LogP contribution in [0.1, 0.15) is 30.1 Å². The zero-order valence-electron chi connectivity index (χ0n) is 10.6. The molecule has 7 nitrogen and oxygen atoms in total. The number of carboxylic acids is 1. The zero-order valence-corrected chi connectivity index (χ0v) is 11.4. The number of nitrogens with one attached hydrogen (secondary N) is 1. The first-order chi connectivity index (χ1) is 9.36. The number of amides is 1. The van der Waals surface area contributed by atoms with Gasteiger partial charge in [-0.05, 0) is 18.6 Å². The second-order valence-electron chi connectivity index (χ2n) is 4.07. The number of carbonyl (C=O) groups excluding carboxylic acids is 1. The van der Waals surface area contributed by atoms with E-state index in [0.717, 1.165) is 12.1 Å². The number of nitro benzene ring substituents is 1. The highest BCUT2D eigenvalue weighted by molar-refractivity contribution is 6.31. The van der Waals surface area contributed by atoms with Crippen molar-refractivity contribution in [2.24, 2.45) is 0 Å². The predicted molar refractivity (Wildman–Crippen MR) is 71.9 cm³/mol. The van der Waals surface area contributed by atoms with Gasteiger partial charge in [0.25, 0.3) is 11.6 Å². The Hall–Kier alpha value is -2.15. The quantitative estimate of drug-likeness (QED) is 0.618. The molecule has 0 saturated heterocycles. The van der Waals surface area contributed by atoms with Gasteiger partial charge in [0.15, 0.2) is 0 Å². The van der Waals surface area contributed by atoms with Gasteiger partial charge in [-0.2, -0.15) is 0 Å². The number of hydrogen-bond acceptors (Lipinski definition) is 4. The van der Waals surface area contributed by atoms with Crippen LogP contribution >= 0.6 is 11.6 Å². The largest absolute Gasteiger partial charge is 0.480 e. The van der Waals surface area contributed by atoms with Crippen molar-refractivity contribution in [1.82, 2.24) is 5.32 Å². The van der Waals surface area contributed by atoms with Crippen molar-refractivity contribution < 1.29 is 19.6 Å². The van der Waals surface area contributed by atoms with Crippen LogP contribution < -0.4 is 5.32 Å². The van der Waals surface area contributed by atoms with Gasteiger partial charge in [0.2, 0.25) is 0 Å². The number of nitro groups is 1. The Bertz CT molecular complexity index is 547. The Morgan fingerprint density at radius 2 is 2.15 bits per heavy atom. The lowest BCUT2D eigenvalue weighted by Gasteiger charge is -2.13. The molecule has 1 atom stereocenters. The fourth-order valence-electron chi connectivity index (χ4n) is 1.63. The second kappa shape index (κ2) is 6.85. The van der Waals surface area contributed by atoms with Gasteiger partial charge >= 0.3 is 5.97 Å². The Morgan fingerprint density at radius 3 is 2.65 bits per heavy atom. The predicted octanol–water partition coefficient (Wildman–Crippen LogP) is 2.23. The number of nitrogens with zero attached hydrogens (tertiary/aromatic N) is 1. The number of hydrogen-bond donors (Lipinski definition) is 2. The monoisotopic (exact) mass is 300 g/mol. The van der Waals surface area contributed by atoms with Crippen LogP contribution in [0.25, 0.3) is 0 Å². The summed E-state index contributed by atoms with van der Waals surface area (Å²) in [6, 6.07) is 2.44. The minimum atomic E-state index is -1.19. The maximum absolute atomic E-state index is 12.0. The molecule has 0 unspecified atom stereocenters. The molecule has 0 aromatic heterocycles. The van der Waals surface area contributed by atoms with E-state index in [1.54, 1.807) is 6.92 Å². The highest BCUT2D eigenvalue weighted by Crippen LogP contribution is 2.22. The van der Waals surface area contributed by atoms with Crippen molar-refractivity contribution in [3.05, 3.63) is 38.9 Å². The molecule has 0 aliphatic rings. The Morgan fingerprint density at radius 1 is 1.50 bits per heavy atom. The van der Waals surface area contributed by atoms with Crippen LogP contribution in [0.3, 0.4) is 0 Å². The number of benzene rings is 1. The van der Waals surface area contributed by atoms with Crippen molar-refractivity contribution >= 4 is 29.2 Å². The molecule has 1 aromatic rings. The Labute approximate surface area is 119 Å². The van der Waals surface area contributed by atoms with Crippen LogP contribution in [0.5, 0.6) is 0 Å². The molecule has 108 valence electrons. The average Bonchev–Trinajstić information content (AvgIpc) is 2.37. The van der Waals surface area contributed by atoms with Crippen molar-refractivity contribution in [1.29, 1.82) is 0 Å². The summed E-state index contributed by atoms with van der Waals surface area (Å²) in [5.41, 5.74) is -0.683. The van der Waals surface area contributed by atoms with Crippen molar-refractivity contribution in [3.63, 3.8) is 0 Å². The number of rotatable bonds is 6. The Kier molecular flexibility index (Phi) is 5.45. The summed E-state index contributed by atoms with van der Waals surface area (Å²) in [7, 11) is 0. The molecule has 0 bridgehead atoms. The first-order valence-electron chi connectivity index (χ1n) is 5.84.